The van der Waals surface area contributed by atoms with Crippen molar-refractivity contribution in [2.75, 3.05) is 23.7 Å². The van der Waals surface area contributed by atoms with E-state index < -0.39 is 11.9 Å². The maximum atomic E-state index is 12.8. The molecule has 0 atom stereocenters. The van der Waals surface area contributed by atoms with Crippen LogP contribution in [0.25, 0.3) is 0 Å². The van der Waals surface area contributed by atoms with Gasteiger partial charge in [0.15, 0.2) is 5.69 Å². The molecule has 0 aromatic carbocycles. The minimum Gasteiger partial charge on any atom is -0.369 e. The van der Waals surface area contributed by atoms with Crippen LogP contribution < -0.4 is 10.6 Å². The maximum Gasteiger partial charge on any atom is 0.433 e. The maximum absolute atomic E-state index is 12.8. The summed E-state index contributed by atoms with van der Waals surface area (Å²) in [5.41, 5.74) is -1.000. The zero-order valence-corrected chi connectivity index (χ0v) is 13.1. The number of nitrogens with zero attached hydrogens (tertiary/aromatic N) is 2. The molecule has 0 bridgehead atoms. The van der Waals surface area contributed by atoms with Crippen LogP contribution in [0.4, 0.5) is 24.9 Å². The fraction of sp³-hybridized carbons (Fsp3) is 0.714. The van der Waals surface area contributed by atoms with Crippen LogP contribution in [0.3, 0.4) is 0 Å². The molecule has 2 N–H and O–H groups in total. The molecule has 1 rings (SSSR count). The minimum atomic E-state index is -4.49. The predicted octanol–water partition coefficient (Wildman–Crippen LogP) is 4.02. The largest absolute Gasteiger partial charge is 0.433 e. The van der Waals surface area contributed by atoms with Crippen molar-refractivity contribution >= 4 is 11.8 Å². The molecule has 0 aliphatic rings. The smallest absolute Gasteiger partial charge is 0.369 e. The van der Waals surface area contributed by atoms with Crippen molar-refractivity contribution in [3.63, 3.8) is 0 Å². The highest BCUT2D eigenvalue weighted by Crippen LogP contribution is 2.31. The molecule has 1 aromatic rings. The number of hydrogen-bond donors (Lipinski definition) is 2. The van der Waals surface area contributed by atoms with Crippen LogP contribution in [0, 0.1) is 11.3 Å². The summed E-state index contributed by atoms with van der Waals surface area (Å²) >= 11 is 0. The van der Waals surface area contributed by atoms with E-state index >= 15 is 0 Å². The molecule has 0 aliphatic heterocycles. The van der Waals surface area contributed by atoms with Crippen LogP contribution in [0.2, 0.25) is 0 Å². The fourth-order valence-corrected chi connectivity index (χ4v) is 1.44. The number of alkyl halides is 3. The molecular weight excluding hydrogens is 281 g/mol. The molecule has 0 radical (unpaired) electrons. The molecular formula is C14H23F3N4. The highest BCUT2D eigenvalue weighted by Gasteiger charge is 2.34. The van der Waals surface area contributed by atoms with E-state index in [1.165, 1.54) is 0 Å². The summed E-state index contributed by atoms with van der Waals surface area (Å²) < 4.78 is 38.5. The van der Waals surface area contributed by atoms with Crippen LogP contribution in [0.1, 0.15) is 40.3 Å². The zero-order valence-electron chi connectivity index (χ0n) is 13.1. The van der Waals surface area contributed by atoms with Gasteiger partial charge in [-0.3, -0.25) is 0 Å². The summed E-state index contributed by atoms with van der Waals surface area (Å²) in [5.74, 6) is 0.557. The number of halogens is 3. The zero-order chi connectivity index (χ0) is 16.3. The molecule has 120 valence electrons. The molecule has 4 nitrogen and oxygen atoms in total. The Morgan fingerprint density at radius 3 is 2.24 bits per heavy atom. The average molecular weight is 304 g/mol. The summed E-state index contributed by atoms with van der Waals surface area (Å²) in [4.78, 5) is 7.55. The van der Waals surface area contributed by atoms with E-state index in [0.717, 1.165) is 6.07 Å². The van der Waals surface area contributed by atoms with E-state index in [2.05, 4.69) is 48.3 Å². The molecule has 7 heteroatoms. The minimum absolute atomic E-state index is 0.0165. The van der Waals surface area contributed by atoms with Gasteiger partial charge in [-0.05, 0) is 18.3 Å². The van der Waals surface area contributed by atoms with Crippen molar-refractivity contribution in [1.29, 1.82) is 0 Å². The van der Waals surface area contributed by atoms with Crippen molar-refractivity contribution in [3.8, 4) is 0 Å². The first-order chi connectivity index (χ1) is 9.56. The number of anilines is 2. The third-order valence-corrected chi connectivity index (χ3v) is 3.64. The van der Waals surface area contributed by atoms with E-state index in [4.69, 9.17) is 0 Å². The number of aromatic nitrogens is 2. The monoisotopic (exact) mass is 304 g/mol. The average Bonchev–Trinajstić information content (AvgIpc) is 2.35. The normalized spacial score (nSPS) is 12.6. The van der Waals surface area contributed by atoms with E-state index in [-0.39, 0.29) is 17.2 Å². The molecule has 21 heavy (non-hydrogen) atoms. The lowest BCUT2D eigenvalue weighted by molar-refractivity contribution is -0.141. The van der Waals surface area contributed by atoms with Crippen LogP contribution in [0.15, 0.2) is 6.07 Å². The second-order valence-corrected chi connectivity index (χ2v) is 5.99. The van der Waals surface area contributed by atoms with Crippen molar-refractivity contribution in [2.45, 2.75) is 40.8 Å². The summed E-state index contributed by atoms with van der Waals surface area (Å²) in [6.45, 7) is 11.0. The van der Waals surface area contributed by atoms with Gasteiger partial charge >= 0.3 is 6.18 Å². The Kier molecular flexibility index (Phi) is 5.42. The third-order valence-electron chi connectivity index (χ3n) is 3.64. The predicted molar refractivity (Wildman–Crippen MR) is 78.3 cm³/mol. The second-order valence-electron chi connectivity index (χ2n) is 5.99. The molecule has 1 heterocycles. The molecule has 1 aromatic heterocycles. The van der Waals surface area contributed by atoms with Crippen LogP contribution in [-0.4, -0.2) is 23.1 Å². The standard InChI is InChI=1S/C14H23F3N4/c1-6-18-12-20-10(14(15,16)17)7-11(21-12)19-8-13(4,5)9(2)3/h7,9H,6,8H2,1-5H3,(H2,18,19,20,21). The molecule has 0 aliphatic carbocycles. The number of nitrogens with one attached hydrogen (secondary N) is 2. The van der Waals surface area contributed by atoms with Crippen LogP contribution in [-0.2, 0) is 6.18 Å². The highest BCUT2D eigenvalue weighted by atomic mass is 19.4. The Bertz CT molecular complexity index is 470. The topological polar surface area (TPSA) is 49.8 Å². The number of rotatable bonds is 6. The molecule has 0 saturated carbocycles. The lowest BCUT2D eigenvalue weighted by Crippen LogP contribution is -2.29. The lowest BCUT2D eigenvalue weighted by atomic mass is 9.81. The lowest BCUT2D eigenvalue weighted by Gasteiger charge is -2.29. The Balaban J connectivity index is 2.98. The molecule has 0 amide bonds. The van der Waals surface area contributed by atoms with Crippen LogP contribution in [0.5, 0.6) is 0 Å². The molecule has 0 saturated heterocycles. The Morgan fingerprint density at radius 1 is 1.14 bits per heavy atom. The van der Waals surface area contributed by atoms with Gasteiger partial charge in [0, 0.05) is 19.2 Å². The van der Waals surface area contributed by atoms with Crippen molar-refractivity contribution < 1.29 is 13.2 Å². The fourth-order valence-electron chi connectivity index (χ4n) is 1.44. The third kappa shape index (κ3) is 5.06. The molecule has 0 fully saturated rings. The highest BCUT2D eigenvalue weighted by molar-refractivity contribution is 5.43. The van der Waals surface area contributed by atoms with Crippen molar-refractivity contribution in [3.05, 3.63) is 11.8 Å². The Morgan fingerprint density at radius 2 is 1.76 bits per heavy atom. The summed E-state index contributed by atoms with van der Waals surface area (Å²) in [5, 5.41) is 5.70. The second kappa shape index (κ2) is 6.49. The van der Waals surface area contributed by atoms with Crippen molar-refractivity contribution in [2.24, 2.45) is 11.3 Å². The number of hydrogen-bond acceptors (Lipinski definition) is 4. The van der Waals surface area contributed by atoms with Gasteiger partial charge in [-0.15, -0.1) is 0 Å². The van der Waals surface area contributed by atoms with Gasteiger partial charge in [-0.2, -0.15) is 18.2 Å². The van der Waals surface area contributed by atoms with Crippen molar-refractivity contribution in [1.82, 2.24) is 9.97 Å². The first kappa shape index (κ1) is 17.5. The summed E-state index contributed by atoms with van der Waals surface area (Å²) in [7, 11) is 0. The Labute approximate surface area is 123 Å². The van der Waals surface area contributed by atoms with E-state index in [1.807, 2.05) is 0 Å². The van der Waals surface area contributed by atoms with Gasteiger partial charge in [0.2, 0.25) is 5.95 Å². The van der Waals surface area contributed by atoms with Gasteiger partial charge in [0.25, 0.3) is 0 Å². The van der Waals surface area contributed by atoms with Gasteiger partial charge in [-0.1, -0.05) is 27.7 Å². The SMILES string of the molecule is CCNc1nc(NCC(C)(C)C(C)C)cc(C(F)(F)F)n1. The Hall–Kier alpha value is -1.53. The quantitative estimate of drug-likeness (QED) is 0.833. The van der Waals surface area contributed by atoms with Gasteiger partial charge < -0.3 is 10.6 Å². The van der Waals surface area contributed by atoms with E-state index in [1.54, 1.807) is 6.92 Å². The first-order valence-electron chi connectivity index (χ1n) is 7.00. The van der Waals surface area contributed by atoms with E-state index in [9.17, 15) is 13.2 Å². The summed E-state index contributed by atoms with van der Waals surface area (Å²) in [6, 6.07) is 0.942. The van der Waals surface area contributed by atoms with Gasteiger partial charge in [0.1, 0.15) is 5.82 Å². The molecule has 0 unspecified atom stereocenters. The summed E-state index contributed by atoms with van der Waals surface area (Å²) in [6.07, 6.45) is -4.49. The van der Waals surface area contributed by atoms with Crippen LogP contribution >= 0.6 is 0 Å². The first-order valence-corrected chi connectivity index (χ1v) is 7.00. The van der Waals surface area contributed by atoms with Gasteiger partial charge in [0.05, 0.1) is 0 Å². The molecule has 0 spiro atoms. The van der Waals surface area contributed by atoms with Gasteiger partial charge in [-0.25, -0.2) is 4.98 Å². The van der Waals surface area contributed by atoms with E-state index in [0.29, 0.717) is 19.0 Å².